The maximum atomic E-state index is 12.1. The van der Waals surface area contributed by atoms with E-state index in [4.69, 9.17) is 14.2 Å². The molecule has 2 aliphatic heterocycles. The van der Waals surface area contributed by atoms with E-state index in [2.05, 4.69) is 19.9 Å². The van der Waals surface area contributed by atoms with Gasteiger partial charge in [0.15, 0.2) is 6.29 Å². The van der Waals surface area contributed by atoms with Crippen LogP contribution in [0.3, 0.4) is 0 Å². The summed E-state index contributed by atoms with van der Waals surface area (Å²) >= 11 is 0. The summed E-state index contributed by atoms with van der Waals surface area (Å²) in [5.74, 6) is 0.382. The average molecular weight is 437 g/mol. The molecule has 4 heteroatoms. The third kappa shape index (κ3) is 11.0. The van der Waals surface area contributed by atoms with Crippen molar-refractivity contribution in [2.24, 2.45) is 5.92 Å². The fraction of sp³-hybridized carbons (Fsp3) is 0.889. The zero-order valence-corrected chi connectivity index (χ0v) is 20.4. The summed E-state index contributed by atoms with van der Waals surface area (Å²) in [7, 11) is 0. The molecule has 2 heterocycles. The molecule has 2 rings (SSSR count). The highest BCUT2D eigenvalue weighted by molar-refractivity contribution is 5.88. The number of unbranched alkanes of at least 4 members (excludes halogenated alkanes) is 7. The van der Waals surface area contributed by atoms with Gasteiger partial charge in [-0.3, -0.25) is 0 Å². The van der Waals surface area contributed by atoms with Crippen LogP contribution in [0.2, 0.25) is 0 Å². The zero-order valence-electron chi connectivity index (χ0n) is 20.4. The smallest absolute Gasteiger partial charge is 0.333 e. The van der Waals surface area contributed by atoms with Gasteiger partial charge in [0.25, 0.3) is 0 Å². The number of esters is 1. The molecular weight excluding hydrogens is 388 g/mol. The van der Waals surface area contributed by atoms with Gasteiger partial charge < -0.3 is 14.2 Å². The minimum Gasteiger partial charge on any atom is -0.462 e. The standard InChI is InChI=1S/C27H48O4/c1-3-5-7-9-11-17-25(31-26-18-12-13-21-29-26)23(15-10-8-6-4-2)19-20-24-16-14-22-30-27(24)28/h16,23,25-26H,3-15,17-22H2,1-2H3. The third-order valence-corrected chi connectivity index (χ3v) is 6.80. The van der Waals surface area contributed by atoms with Crippen LogP contribution in [-0.2, 0) is 19.0 Å². The maximum Gasteiger partial charge on any atom is 0.333 e. The number of rotatable bonds is 17. The molecule has 1 saturated heterocycles. The molecule has 3 atom stereocenters. The van der Waals surface area contributed by atoms with Crippen LogP contribution >= 0.6 is 0 Å². The Kier molecular flexibility index (Phi) is 14.2. The number of ether oxygens (including phenoxy) is 3. The van der Waals surface area contributed by atoms with E-state index in [0.717, 1.165) is 50.7 Å². The maximum absolute atomic E-state index is 12.1. The van der Waals surface area contributed by atoms with Crippen LogP contribution in [0, 0.1) is 5.92 Å². The van der Waals surface area contributed by atoms with Gasteiger partial charge in [0, 0.05) is 18.6 Å². The van der Waals surface area contributed by atoms with E-state index >= 15 is 0 Å². The molecule has 180 valence electrons. The van der Waals surface area contributed by atoms with Gasteiger partial charge in [-0.1, -0.05) is 77.7 Å². The van der Waals surface area contributed by atoms with Gasteiger partial charge in [-0.05, 0) is 50.9 Å². The van der Waals surface area contributed by atoms with Crippen molar-refractivity contribution in [1.29, 1.82) is 0 Å². The first kappa shape index (κ1) is 26.4. The van der Waals surface area contributed by atoms with Crippen LogP contribution in [0.5, 0.6) is 0 Å². The number of hydrogen-bond donors (Lipinski definition) is 0. The van der Waals surface area contributed by atoms with Crippen LogP contribution in [0.15, 0.2) is 11.6 Å². The van der Waals surface area contributed by atoms with Gasteiger partial charge in [-0.2, -0.15) is 0 Å². The quantitative estimate of drug-likeness (QED) is 0.175. The molecule has 0 amide bonds. The van der Waals surface area contributed by atoms with Crippen LogP contribution in [-0.4, -0.2) is 31.6 Å². The van der Waals surface area contributed by atoms with Crippen molar-refractivity contribution in [3.63, 3.8) is 0 Å². The normalized spacial score (nSPS) is 21.4. The van der Waals surface area contributed by atoms with E-state index < -0.39 is 0 Å². The molecule has 0 aromatic carbocycles. The molecule has 3 unspecified atom stereocenters. The Morgan fingerprint density at radius 1 is 0.935 bits per heavy atom. The topological polar surface area (TPSA) is 44.8 Å². The van der Waals surface area contributed by atoms with Crippen molar-refractivity contribution in [3.05, 3.63) is 11.6 Å². The molecular formula is C27H48O4. The summed E-state index contributed by atoms with van der Waals surface area (Å²) in [5.41, 5.74) is 0.875. The van der Waals surface area contributed by atoms with Crippen LogP contribution in [0.25, 0.3) is 0 Å². The van der Waals surface area contributed by atoms with Crippen molar-refractivity contribution in [1.82, 2.24) is 0 Å². The first-order valence-corrected chi connectivity index (χ1v) is 13.4. The molecule has 0 aromatic heterocycles. The molecule has 0 aliphatic carbocycles. The predicted molar refractivity (Wildman–Crippen MR) is 127 cm³/mol. The molecule has 0 bridgehead atoms. The lowest BCUT2D eigenvalue weighted by atomic mass is 9.86. The Balaban J connectivity index is 1.97. The van der Waals surface area contributed by atoms with Crippen molar-refractivity contribution in [2.45, 2.75) is 135 Å². The lowest BCUT2D eigenvalue weighted by molar-refractivity contribution is -0.201. The lowest BCUT2D eigenvalue weighted by Gasteiger charge is -2.33. The number of carbonyl (C=O) groups is 1. The Labute approximate surface area is 191 Å². The monoisotopic (exact) mass is 436 g/mol. The van der Waals surface area contributed by atoms with Crippen molar-refractivity contribution < 1.29 is 19.0 Å². The van der Waals surface area contributed by atoms with E-state index in [1.807, 2.05) is 0 Å². The Morgan fingerprint density at radius 3 is 2.39 bits per heavy atom. The molecule has 2 aliphatic rings. The van der Waals surface area contributed by atoms with Crippen LogP contribution < -0.4 is 0 Å². The molecule has 31 heavy (non-hydrogen) atoms. The molecule has 0 saturated carbocycles. The summed E-state index contributed by atoms with van der Waals surface area (Å²) in [4.78, 5) is 12.1. The minimum atomic E-state index is -0.108. The lowest BCUT2D eigenvalue weighted by Crippen LogP contribution is -2.33. The number of cyclic esters (lactones) is 1. The Hall–Kier alpha value is -0.870. The van der Waals surface area contributed by atoms with Gasteiger partial charge in [0.1, 0.15) is 0 Å². The van der Waals surface area contributed by atoms with E-state index in [0.29, 0.717) is 12.5 Å². The van der Waals surface area contributed by atoms with Crippen LogP contribution in [0.4, 0.5) is 0 Å². The van der Waals surface area contributed by atoms with Crippen molar-refractivity contribution in [2.75, 3.05) is 13.2 Å². The first-order valence-electron chi connectivity index (χ1n) is 13.4. The Bertz CT molecular complexity index is 495. The van der Waals surface area contributed by atoms with Gasteiger partial charge in [0.2, 0.25) is 0 Å². The van der Waals surface area contributed by atoms with Gasteiger partial charge in [-0.15, -0.1) is 0 Å². The van der Waals surface area contributed by atoms with E-state index in [1.165, 1.54) is 70.6 Å². The summed E-state index contributed by atoms with van der Waals surface area (Å²) in [5, 5.41) is 0. The predicted octanol–water partition coefficient (Wildman–Crippen LogP) is 7.50. The minimum absolute atomic E-state index is 0.0357. The SMILES string of the molecule is CCCCCCCC(OC1CCCCO1)C(CCCCCC)CCC1=CCCOC1=O. The molecule has 1 fully saturated rings. The number of hydrogen-bond acceptors (Lipinski definition) is 4. The molecule has 0 spiro atoms. The molecule has 0 N–H and O–H groups in total. The number of carbonyl (C=O) groups excluding carboxylic acids is 1. The molecule has 4 nitrogen and oxygen atoms in total. The second kappa shape index (κ2) is 16.7. The largest absolute Gasteiger partial charge is 0.462 e. The van der Waals surface area contributed by atoms with E-state index in [9.17, 15) is 4.79 Å². The summed E-state index contributed by atoms with van der Waals surface area (Å²) < 4.78 is 17.8. The fourth-order valence-corrected chi connectivity index (χ4v) is 4.83. The fourth-order valence-electron chi connectivity index (χ4n) is 4.83. The highest BCUT2D eigenvalue weighted by Crippen LogP contribution is 2.31. The second-order valence-electron chi connectivity index (χ2n) is 9.48. The van der Waals surface area contributed by atoms with Crippen molar-refractivity contribution in [3.8, 4) is 0 Å². The van der Waals surface area contributed by atoms with Crippen molar-refractivity contribution >= 4 is 5.97 Å². The summed E-state index contributed by atoms with van der Waals surface area (Å²) in [6.07, 6.45) is 22.2. The summed E-state index contributed by atoms with van der Waals surface area (Å²) in [6, 6.07) is 0. The Morgan fingerprint density at radius 2 is 1.68 bits per heavy atom. The summed E-state index contributed by atoms with van der Waals surface area (Å²) in [6.45, 7) is 5.89. The first-order chi connectivity index (χ1) is 15.2. The second-order valence-corrected chi connectivity index (χ2v) is 9.48. The average Bonchev–Trinajstić information content (AvgIpc) is 2.79. The van der Waals surface area contributed by atoms with Gasteiger partial charge in [0.05, 0.1) is 12.7 Å². The molecule has 0 aromatic rings. The van der Waals surface area contributed by atoms with Gasteiger partial charge in [-0.25, -0.2) is 4.79 Å². The highest BCUT2D eigenvalue weighted by atomic mass is 16.7. The molecule has 0 radical (unpaired) electrons. The van der Waals surface area contributed by atoms with Crippen LogP contribution in [0.1, 0.15) is 123 Å². The third-order valence-electron chi connectivity index (χ3n) is 6.80. The zero-order chi connectivity index (χ0) is 22.2. The van der Waals surface area contributed by atoms with Gasteiger partial charge >= 0.3 is 5.97 Å². The van der Waals surface area contributed by atoms with E-state index in [-0.39, 0.29) is 18.4 Å². The van der Waals surface area contributed by atoms with E-state index in [1.54, 1.807) is 0 Å². The highest BCUT2D eigenvalue weighted by Gasteiger charge is 2.27.